The van der Waals surface area contributed by atoms with Crippen LogP contribution in [0.15, 0.2) is 0 Å². The van der Waals surface area contributed by atoms with Crippen LogP contribution in [0.25, 0.3) is 0 Å². The quantitative estimate of drug-likeness (QED) is 0.704. The zero-order valence-electron chi connectivity index (χ0n) is 12.3. The predicted octanol–water partition coefficient (Wildman–Crippen LogP) is 0.829. The molecule has 2 rings (SSSR count). The van der Waals surface area contributed by atoms with Crippen LogP contribution in [0.1, 0.15) is 39.5 Å². The average molecular weight is 304 g/mol. The van der Waals surface area contributed by atoms with Gasteiger partial charge in [0.05, 0.1) is 0 Å². The fourth-order valence-corrected chi connectivity index (χ4v) is 3.01. The molecule has 20 heavy (non-hydrogen) atoms. The van der Waals surface area contributed by atoms with Crippen molar-refractivity contribution in [2.75, 3.05) is 19.6 Å². The van der Waals surface area contributed by atoms with Crippen LogP contribution in [0.2, 0.25) is 0 Å². The van der Waals surface area contributed by atoms with Gasteiger partial charge >= 0.3 is 0 Å². The van der Waals surface area contributed by atoms with Crippen molar-refractivity contribution >= 4 is 24.2 Å². The summed E-state index contributed by atoms with van der Waals surface area (Å²) in [6, 6.07) is 0.157. The Hall–Kier alpha value is -0.810. The third-order valence-corrected chi connectivity index (χ3v) is 4.21. The summed E-state index contributed by atoms with van der Waals surface area (Å²) in [6.07, 6.45) is 3.61. The third-order valence-electron chi connectivity index (χ3n) is 4.21. The maximum atomic E-state index is 12.0. The molecule has 1 aliphatic heterocycles. The standard InChI is InChI=1S/C14H25N3O2.ClH/c1-10(2)17-12(18)3-6-16-13(19)11-9-14(11)4-7-15-8-5-14;/h10-11,15H,3-9H2,1-2H3,(H,16,19)(H,17,18);1H. The zero-order valence-corrected chi connectivity index (χ0v) is 13.1. The van der Waals surface area contributed by atoms with Crippen LogP contribution in [-0.2, 0) is 9.59 Å². The number of carbonyl (C=O) groups excluding carboxylic acids is 2. The smallest absolute Gasteiger partial charge is 0.223 e. The van der Waals surface area contributed by atoms with E-state index in [2.05, 4.69) is 16.0 Å². The van der Waals surface area contributed by atoms with Gasteiger partial charge in [-0.1, -0.05) is 0 Å². The molecule has 0 aromatic carbocycles. The van der Waals surface area contributed by atoms with Crippen LogP contribution in [0.3, 0.4) is 0 Å². The van der Waals surface area contributed by atoms with E-state index in [1.807, 2.05) is 13.8 Å². The molecule has 1 heterocycles. The van der Waals surface area contributed by atoms with Crippen LogP contribution in [0.5, 0.6) is 0 Å². The van der Waals surface area contributed by atoms with Gasteiger partial charge in [-0.05, 0) is 51.6 Å². The lowest BCUT2D eigenvalue weighted by Gasteiger charge is -2.23. The monoisotopic (exact) mass is 303 g/mol. The highest BCUT2D eigenvalue weighted by molar-refractivity contribution is 5.85. The number of halogens is 1. The molecule has 1 spiro atoms. The van der Waals surface area contributed by atoms with E-state index >= 15 is 0 Å². The van der Waals surface area contributed by atoms with Gasteiger partial charge in [0.1, 0.15) is 0 Å². The Labute approximate surface area is 127 Å². The molecule has 1 unspecified atom stereocenters. The number of hydrogen-bond donors (Lipinski definition) is 3. The molecule has 2 fully saturated rings. The minimum Gasteiger partial charge on any atom is -0.355 e. The van der Waals surface area contributed by atoms with E-state index < -0.39 is 0 Å². The molecule has 0 aromatic heterocycles. The van der Waals surface area contributed by atoms with Crippen molar-refractivity contribution in [2.24, 2.45) is 11.3 Å². The van der Waals surface area contributed by atoms with Crippen LogP contribution >= 0.6 is 12.4 Å². The largest absolute Gasteiger partial charge is 0.355 e. The van der Waals surface area contributed by atoms with E-state index in [1.54, 1.807) is 0 Å². The first kappa shape index (κ1) is 17.2. The minimum absolute atomic E-state index is 0. The van der Waals surface area contributed by atoms with Gasteiger partial charge in [-0.15, -0.1) is 12.4 Å². The van der Waals surface area contributed by atoms with Crippen LogP contribution in [-0.4, -0.2) is 37.5 Å². The predicted molar refractivity (Wildman–Crippen MR) is 80.8 cm³/mol. The Balaban J connectivity index is 0.00000200. The first-order valence-electron chi connectivity index (χ1n) is 7.31. The van der Waals surface area contributed by atoms with E-state index in [0.717, 1.165) is 32.4 Å². The van der Waals surface area contributed by atoms with Crippen molar-refractivity contribution in [3.63, 3.8) is 0 Å². The lowest BCUT2D eigenvalue weighted by atomic mass is 9.92. The fraction of sp³-hybridized carbons (Fsp3) is 0.857. The first-order chi connectivity index (χ1) is 9.03. The van der Waals surface area contributed by atoms with Gasteiger partial charge in [-0.2, -0.15) is 0 Å². The van der Waals surface area contributed by atoms with Crippen molar-refractivity contribution in [3.05, 3.63) is 0 Å². The van der Waals surface area contributed by atoms with Gasteiger partial charge in [-0.25, -0.2) is 0 Å². The molecular weight excluding hydrogens is 278 g/mol. The Morgan fingerprint density at radius 2 is 1.95 bits per heavy atom. The van der Waals surface area contributed by atoms with Gasteiger partial charge in [0.2, 0.25) is 11.8 Å². The van der Waals surface area contributed by atoms with Gasteiger partial charge in [-0.3, -0.25) is 9.59 Å². The summed E-state index contributed by atoms with van der Waals surface area (Å²) in [5.74, 6) is 0.324. The summed E-state index contributed by atoms with van der Waals surface area (Å²) in [4.78, 5) is 23.5. The summed E-state index contributed by atoms with van der Waals surface area (Å²) < 4.78 is 0. The molecule has 116 valence electrons. The molecule has 1 saturated heterocycles. The first-order valence-corrected chi connectivity index (χ1v) is 7.31. The molecule has 2 amide bonds. The van der Waals surface area contributed by atoms with Crippen molar-refractivity contribution < 1.29 is 9.59 Å². The Morgan fingerprint density at radius 3 is 2.55 bits per heavy atom. The van der Waals surface area contributed by atoms with Gasteiger partial charge in [0, 0.05) is 24.9 Å². The molecule has 2 aliphatic rings. The van der Waals surface area contributed by atoms with Crippen molar-refractivity contribution in [3.8, 4) is 0 Å². The molecule has 0 bridgehead atoms. The number of rotatable bonds is 5. The second-order valence-corrected chi connectivity index (χ2v) is 6.13. The summed E-state index contributed by atoms with van der Waals surface area (Å²) >= 11 is 0. The second-order valence-electron chi connectivity index (χ2n) is 6.13. The van der Waals surface area contributed by atoms with Crippen LogP contribution < -0.4 is 16.0 Å². The molecular formula is C14H26ClN3O2. The van der Waals surface area contributed by atoms with Crippen LogP contribution in [0.4, 0.5) is 0 Å². The number of carbonyl (C=O) groups is 2. The maximum absolute atomic E-state index is 12.0. The van der Waals surface area contributed by atoms with Gasteiger partial charge in [0.15, 0.2) is 0 Å². The molecule has 1 saturated carbocycles. The third kappa shape index (κ3) is 4.35. The SMILES string of the molecule is CC(C)NC(=O)CCNC(=O)C1CC12CCNCC2.Cl. The average Bonchev–Trinajstić information content (AvgIpc) is 3.03. The van der Waals surface area contributed by atoms with Crippen molar-refractivity contribution in [2.45, 2.75) is 45.6 Å². The summed E-state index contributed by atoms with van der Waals surface area (Å²) in [7, 11) is 0. The zero-order chi connectivity index (χ0) is 13.9. The normalized spacial score (nSPS) is 23.1. The molecule has 1 atom stereocenters. The molecule has 5 nitrogen and oxygen atoms in total. The molecule has 6 heteroatoms. The fourth-order valence-electron chi connectivity index (χ4n) is 3.01. The number of amides is 2. The van der Waals surface area contributed by atoms with E-state index in [0.29, 0.717) is 13.0 Å². The molecule has 0 aromatic rings. The van der Waals surface area contributed by atoms with Crippen molar-refractivity contribution in [1.82, 2.24) is 16.0 Å². The van der Waals surface area contributed by atoms with Crippen molar-refractivity contribution in [1.29, 1.82) is 0 Å². The topological polar surface area (TPSA) is 70.2 Å². The van der Waals surface area contributed by atoms with Gasteiger partial charge in [0.25, 0.3) is 0 Å². The lowest BCUT2D eigenvalue weighted by molar-refractivity contribution is -0.123. The Morgan fingerprint density at radius 1 is 1.30 bits per heavy atom. The highest BCUT2D eigenvalue weighted by Gasteiger charge is 2.57. The number of hydrogen-bond acceptors (Lipinski definition) is 3. The van der Waals surface area contributed by atoms with E-state index in [1.165, 1.54) is 0 Å². The molecule has 3 N–H and O–H groups in total. The summed E-state index contributed by atoms with van der Waals surface area (Å²) in [6.45, 7) is 6.37. The Bertz CT molecular complexity index is 354. The van der Waals surface area contributed by atoms with E-state index in [9.17, 15) is 9.59 Å². The second kappa shape index (κ2) is 7.27. The maximum Gasteiger partial charge on any atom is 0.223 e. The molecule has 0 radical (unpaired) electrons. The number of nitrogens with one attached hydrogen (secondary N) is 3. The highest BCUT2D eigenvalue weighted by atomic mass is 35.5. The summed E-state index contributed by atoms with van der Waals surface area (Å²) in [5.41, 5.74) is 0.273. The van der Waals surface area contributed by atoms with Crippen LogP contribution in [0, 0.1) is 11.3 Å². The van der Waals surface area contributed by atoms with E-state index in [-0.39, 0.29) is 41.6 Å². The van der Waals surface area contributed by atoms with E-state index in [4.69, 9.17) is 0 Å². The minimum atomic E-state index is 0. The molecule has 1 aliphatic carbocycles. The number of piperidine rings is 1. The lowest BCUT2D eigenvalue weighted by Crippen LogP contribution is -2.36. The summed E-state index contributed by atoms with van der Waals surface area (Å²) in [5, 5.41) is 9.05. The van der Waals surface area contributed by atoms with Gasteiger partial charge < -0.3 is 16.0 Å². The Kier molecular flexibility index (Phi) is 6.27. The highest BCUT2D eigenvalue weighted by Crippen LogP contribution is 2.58.